The molecule has 9 heterocycles. The van der Waals surface area contributed by atoms with Gasteiger partial charge in [-0.05, 0) is 166 Å². The summed E-state index contributed by atoms with van der Waals surface area (Å²) in [5.74, 6) is 5.43. The Morgan fingerprint density at radius 1 is 0.255 bits per heavy atom. The Kier molecular flexibility index (Phi) is 30.8. The minimum absolute atomic E-state index is 0. The maximum atomic E-state index is 5.37. The number of hydrogen-bond acceptors (Lipinski definition) is 12. The van der Waals surface area contributed by atoms with Crippen molar-refractivity contribution in [2.75, 3.05) is 35.8 Å². The number of anilines is 3. The predicted molar refractivity (Wildman–Crippen MR) is 577 cm³/mol. The molecule has 0 fully saturated rings. The molecule has 0 saturated heterocycles. The summed E-state index contributed by atoms with van der Waals surface area (Å²) in [6, 6.07) is 110. The first kappa shape index (κ1) is 100. The van der Waals surface area contributed by atoms with Crippen LogP contribution in [0.2, 0.25) is 0 Å². The van der Waals surface area contributed by atoms with E-state index in [1.807, 2.05) is 211 Å². The first-order chi connectivity index (χ1) is 67.0. The third-order valence-electron chi connectivity index (χ3n) is 26.4. The van der Waals surface area contributed by atoms with Gasteiger partial charge in [-0.15, -0.1) is 106 Å². The molecular formula is C123H114Ir3N15. The standard InChI is InChI=1S/3C31H28N3.3C10H10N2.3Ir/c1-18(2)21-14-10-15-22(19(3)4)27(21)31-33-28-24-13-8-7-12-23(24)25-17-20-11-6-9-16-26(20)32-29(25)30(28)34(31)5;1-18(2)20-14-10-15-21(19(3)4)28(20)31-33-29-23-12-7-6-11-22(23)25-17-32-26-16-9-8-13-24(26)27(25)30(29)34(31)5;1-18(2)21-15-10-16-22(19(3)4)27(21)31-33-28-25-14-9-8-13-24(25)26-23-12-7-6-11-20(23)17-32-29(26)30(28)34(31)5;3*1-11-7-8-12(9-11)10-5-3-2-4-6-10;;;/h6-12,14-19H,1-5H3;6-11,13-19H,1-5H3;6-13,15-19H,1-5H3;3*2-5,7-9H,1H3;;;/q3*-1;3*-2;3*+3. The second kappa shape index (κ2) is 43.3. The molecule has 15 nitrogen and oxygen atoms in total. The molecule has 15 aromatic carbocycles. The molecule has 141 heavy (non-hydrogen) atoms. The quantitative estimate of drug-likeness (QED) is 0.0659. The number of rotatable bonds is 12. The maximum absolute atomic E-state index is 5.37. The van der Waals surface area contributed by atoms with Crippen LogP contribution in [0.1, 0.15) is 152 Å². The van der Waals surface area contributed by atoms with Gasteiger partial charge in [0.2, 0.25) is 0 Å². The fraction of sp³-hybridized carbons (Fsp3) is 0.195. The van der Waals surface area contributed by atoms with Crippen molar-refractivity contribution in [3.05, 3.63) is 400 Å². The molecule has 0 unspecified atom stereocenters. The molecule has 0 aliphatic carbocycles. The smallest absolute Gasteiger partial charge is 0.510 e. The summed E-state index contributed by atoms with van der Waals surface area (Å²) < 4.78 is 6.82. The predicted octanol–water partition coefficient (Wildman–Crippen LogP) is 29.9. The zero-order valence-corrected chi connectivity index (χ0v) is 90.0. The van der Waals surface area contributed by atoms with Gasteiger partial charge in [-0.3, -0.25) is 24.9 Å². The number of fused-ring (bicyclic) bond motifs is 23. The van der Waals surface area contributed by atoms with Crippen LogP contribution in [0.3, 0.4) is 0 Å². The molecule has 6 aromatic heterocycles. The van der Waals surface area contributed by atoms with E-state index in [9.17, 15) is 0 Å². The Balaban J connectivity index is 0.000000128. The van der Waals surface area contributed by atoms with Gasteiger partial charge in [-0.2, -0.15) is 111 Å². The van der Waals surface area contributed by atoms with Crippen LogP contribution in [-0.4, -0.2) is 79.4 Å². The Morgan fingerprint density at radius 2 is 0.596 bits per heavy atom. The average molecular weight is 2380 g/mol. The molecular weight excluding hydrogens is 2260 g/mol. The van der Waals surface area contributed by atoms with Crippen molar-refractivity contribution in [2.24, 2.45) is 21.1 Å². The second-order valence-electron chi connectivity index (χ2n) is 37.7. The number of aryl methyl sites for hydroxylation is 3. The summed E-state index contributed by atoms with van der Waals surface area (Å²) in [7, 11) is 12.4. The molecule has 708 valence electrons. The van der Waals surface area contributed by atoms with Gasteiger partial charge in [-0.25, -0.2) is 4.98 Å². The first-order valence-corrected chi connectivity index (χ1v) is 47.8. The fourth-order valence-electron chi connectivity index (χ4n) is 19.6. The summed E-state index contributed by atoms with van der Waals surface area (Å²) >= 11 is 0. The Hall–Kier alpha value is -13.5. The van der Waals surface area contributed by atoms with Crippen molar-refractivity contribution in [2.45, 2.75) is 119 Å². The molecule has 0 atom stereocenters. The number of imidazole rings is 3. The third kappa shape index (κ3) is 19.7. The molecule has 3 aliphatic rings. The SMILES string of the molecule is CC(C)c1cccc(C(C)C)c1-c1nc2c3[c-]cccc3c3c4ccccc4cnc3c2n1C.CC(C)c1cccc(C(C)C)c1-c1nc2c3[c-]cccc3c3cc4ccccc4nc3c2n1C.CC(C)c1cccc(C(C)C)c1-c1nc2c3[c-]cccc3c3cnc4ccccc4c3c2n1C.CN1C=CN(c2[c-]cccc2)[CH-]1.CN1C=CN(c2[c-]cccc2)[CH-]1.CN1C=CN(c2[c-]cccc2)[CH-]1.[Ir+3].[Ir+3].[Ir+3]. The monoisotopic (exact) mass is 2380 g/mol. The third-order valence-corrected chi connectivity index (χ3v) is 26.4. The largest absolute Gasteiger partial charge is 3.00 e. The van der Waals surface area contributed by atoms with E-state index in [0.29, 0.717) is 35.5 Å². The molecule has 0 saturated carbocycles. The summed E-state index contributed by atoms with van der Waals surface area (Å²) in [5.41, 5.74) is 25.2. The Bertz CT molecular complexity index is 7830. The molecule has 0 radical (unpaired) electrons. The molecule has 3 aliphatic heterocycles. The van der Waals surface area contributed by atoms with Crippen molar-refractivity contribution >= 4 is 148 Å². The van der Waals surface area contributed by atoms with Crippen LogP contribution in [0.4, 0.5) is 17.1 Å². The van der Waals surface area contributed by atoms with E-state index in [2.05, 4.69) is 324 Å². The zero-order valence-electron chi connectivity index (χ0n) is 82.8. The van der Waals surface area contributed by atoms with Gasteiger partial charge < -0.3 is 43.1 Å². The summed E-state index contributed by atoms with van der Waals surface area (Å²) in [6.45, 7) is 33.2. The molecule has 0 N–H and O–H groups in total. The minimum atomic E-state index is 0. The molecule has 0 spiro atoms. The van der Waals surface area contributed by atoms with Crippen molar-refractivity contribution in [3.8, 4) is 34.2 Å². The number of hydrogen-bond donors (Lipinski definition) is 0. The van der Waals surface area contributed by atoms with Gasteiger partial charge in [0.1, 0.15) is 17.5 Å². The first-order valence-electron chi connectivity index (χ1n) is 47.8. The second-order valence-corrected chi connectivity index (χ2v) is 37.7. The van der Waals surface area contributed by atoms with Gasteiger partial charge >= 0.3 is 60.3 Å². The van der Waals surface area contributed by atoms with Crippen LogP contribution in [-0.2, 0) is 81.5 Å². The van der Waals surface area contributed by atoms with E-state index >= 15 is 0 Å². The topological polar surface area (TPSA) is 112 Å². The number of para-hydroxylation sites is 5. The number of pyridine rings is 3. The Labute approximate surface area is 869 Å². The van der Waals surface area contributed by atoms with E-state index in [1.54, 1.807) is 0 Å². The average Bonchev–Trinajstić information content (AvgIpc) is 1.58. The molecule has 0 bridgehead atoms. The summed E-state index contributed by atoms with van der Waals surface area (Å²) in [5, 5.41) is 16.0. The van der Waals surface area contributed by atoms with E-state index in [4.69, 9.17) is 29.9 Å². The summed E-state index contributed by atoms with van der Waals surface area (Å²) in [4.78, 5) is 43.0. The number of nitrogens with zero attached hydrogens (tertiary/aromatic N) is 15. The van der Waals surface area contributed by atoms with Crippen molar-refractivity contribution in [1.29, 1.82) is 0 Å². The van der Waals surface area contributed by atoms with Crippen LogP contribution in [0, 0.1) is 56.4 Å². The molecule has 18 heteroatoms. The van der Waals surface area contributed by atoms with Gasteiger partial charge in [-0.1, -0.05) is 221 Å². The molecule has 0 amide bonds. The van der Waals surface area contributed by atoms with Crippen LogP contribution in [0.5, 0.6) is 0 Å². The van der Waals surface area contributed by atoms with Crippen LogP contribution in [0.15, 0.2) is 310 Å². The molecule has 24 rings (SSSR count). The van der Waals surface area contributed by atoms with E-state index in [1.165, 1.54) is 66.2 Å². The Morgan fingerprint density at radius 3 is 1.00 bits per heavy atom. The van der Waals surface area contributed by atoms with Crippen molar-refractivity contribution < 1.29 is 60.3 Å². The van der Waals surface area contributed by atoms with Crippen LogP contribution in [0.25, 0.3) is 165 Å². The summed E-state index contributed by atoms with van der Waals surface area (Å²) in [6.07, 6.45) is 16.0. The number of benzene rings is 15. The number of aromatic nitrogens is 9. The normalized spacial score (nSPS) is 12.9. The zero-order chi connectivity index (χ0) is 95.8. The van der Waals surface area contributed by atoms with E-state index in [-0.39, 0.29) is 60.3 Å². The van der Waals surface area contributed by atoms with Crippen LogP contribution >= 0.6 is 0 Å². The maximum Gasteiger partial charge on any atom is 3.00 e. The van der Waals surface area contributed by atoms with Crippen LogP contribution < -0.4 is 14.7 Å². The van der Waals surface area contributed by atoms with Gasteiger partial charge in [0.25, 0.3) is 0 Å². The minimum Gasteiger partial charge on any atom is -0.510 e. The molecule has 21 aromatic rings. The van der Waals surface area contributed by atoms with Gasteiger partial charge in [0, 0.05) is 88.5 Å². The van der Waals surface area contributed by atoms with Crippen molar-refractivity contribution in [1.82, 2.24) is 58.3 Å². The fourth-order valence-corrected chi connectivity index (χ4v) is 19.6. The van der Waals surface area contributed by atoms with Gasteiger partial charge in [0.05, 0.1) is 33.1 Å². The van der Waals surface area contributed by atoms with Crippen molar-refractivity contribution in [3.63, 3.8) is 0 Å². The van der Waals surface area contributed by atoms with E-state index in [0.717, 1.165) is 149 Å². The van der Waals surface area contributed by atoms with E-state index < -0.39 is 0 Å². The van der Waals surface area contributed by atoms with Gasteiger partial charge in [0.15, 0.2) is 0 Å².